The van der Waals surface area contributed by atoms with Crippen LogP contribution in [0.25, 0.3) is 0 Å². The molecular formula is C10H11BrClNO3. The summed E-state index contributed by atoms with van der Waals surface area (Å²) in [5.41, 5.74) is 5.16. The fraction of sp³-hybridized carbons (Fsp3) is 0.300. The highest BCUT2D eigenvalue weighted by molar-refractivity contribution is 9.10. The molecule has 6 heteroatoms. The molecule has 88 valence electrons. The van der Waals surface area contributed by atoms with Gasteiger partial charge in [0.1, 0.15) is 5.75 Å². The number of amides is 1. The van der Waals surface area contributed by atoms with E-state index in [1.807, 2.05) is 0 Å². The Kier molecular flexibility index (Phi) is 5.05. The van der Waals surface area contributed by atoms with E-state index in [9.17, 15) is 4.79 Å². The van der Waals surface area contributed by atoms with E-state index in [1.54, 1.807) is 18.2 Å². The summed E-state index contributed by atoms with van der Waals surface area (Å²) in [6.07, 6.45) is -0.807. The van der Waals surface area contributed by atoms with E-state index in [4.69, 9.17) is 26.8 Å². The van der Waals surface area contributed by atoms with Gasteiger partial charge in [0.05, 0.1) is 11.6 Å². The summed E-state index contributed by atoms with van der Waals surface area (Å²) < 4.78 is 10.9. The minimum Gasteiger partial charge on any atom is -0.478 e. The molecule has 4 nitrogen and oxygen atoms in total. The zero-order valence-electron chi connectivity index (χ0n) is 8.57. The number of benzene rings is 1. The van der Waals surface area contributed by atoms with Gasteiger partial charge in [0, 0.05) is 11.6 Å². The van der Waals surface area contributed by atoms with Crippen LogP contribution in [0, 0.1) is 0 Å². The van der Waals surface area contributed by atoms with Crippen LogP contribution in [0.2, 0.25) is 5.02 Å². The molecule has 0 saturated heterocycles. The summed E-state index contributed by atoms with van der Waals surface area (Å²) in [6.45, 7) is 0.107. The Morgan fingerprint density at radius 2 is 2.31 bits per heavy atom. The molecule has 0 aliphatic heterocycles. The lowest BCUT2D eigenvalue weighted by Crippen LogP contribution is -2.37. The second-order valence-electron chi connectivity index (χ2n) is 3.04. The number of carbonyl (C=O) groups excluding carboxylic acids is 1. The zero-order chi connectivity index (χ0) is 12.1. The molecule has 0 aromatic heterocycles. The zero-order valence-corrected chi connectivity index (χ0v) is 10.9. The third kappa shape index (κ3) is 3.66. The Morgan fingerprint density at radius 1 is 1.62 bits per heavy atom. The third-order valence-corrected chi connectivity index (χ3v) is 3.02. The topological polar surface area (TPSA) is 61.6 Å². The molecule has 0 bridgehead atoms. The van der Waals surface area contributed by atoms with Crippen molar-refractivity contribution in [3.63, 3.8) is 0 Å². The number of halogens is 2. The number of nitrogens with two attached hydrogens (primary N) is 1. The van der Waals surface area contributed by atoms with Crippen LogP contribution < -0.4 is 10.5 Å². The smallest absolute Gasteiger partial charge is 0.260 e. The number of methoxy groups -OCH3 is 1. The van der Waals surface area contributed by atoms with Gasteiger partial charge in [-0.2, -0.15) is 0 Å². The van der Waals surface area contributed by atoms with Crippen LogP contribution >= 0.6 is 27.5 Å². The van der Waals surface area contributed by atoms with Gasteiger partial charge in [-0.1, -0.05) is 11.6 Å². The molecule has 0 spiro atoms. The lowest BCUT2D eigenvalue weighted by Gasteiger charge is -2.15. The maximum Gasteiger partial charge on any atom is 0.260 e. The number of ether oxygens (including phenoxy) is 2. The molecule has 0 saturated carbocycles. The van der Waals surface area contributed by atoms with Crippen molar-refractivity contribution in [1.29, 1.82) is 0 Å². The van der Waals surface area contributed by atoms with Crippen molar-refractivity contribution in [2.75, 3.05) is 13.7 Å². The van der Waals surface area contributed by atoms with Gasteiger partial charge in [0.25, 0.3) is 5.91 Å². The van der Waals surface area contributed by atoms with Crippen LogP contribution in [0.3, 0.4) is 0 Å². The van der Waals surface area contributed by atoms with E-state index < -0.39 is 12.0 Å². The van der Waals surface area contributed by atoms with Crippen molar-refractivity contribution in [1.82, 2.24) is 0 Å². The molecule has 1 aromatic carbocycles. The summed E-state index contributed by atoms with van der Waals surface area (Å²) in [7, 11) is 1.47. The molecule has 0 radical (unpaired) electrons. The largest absolute Gasteiger partial charge is 0.478 e. The average Bonchev–Trinajstić information content (AvgIpc) is 2.22. The monoisotopic (exact) mass is 307 g/mol. The predicted octanol–water partition coefficient (Wildman–Crippen LogP) is 1.98. The van der Waals surface area contributed by atoms with Gasteiger partial charge in [-0.3, -0.25) is 4.79 Å². The van der Waals surface area contributed by atoms with Crippen LogP contribution in [0.5, 0.6) is 5.75 Å². The fourth-order valence-corrected chi connectivity index (χ4v) is 1.52. The Morgan fingerprint density at radius 3 is 2.81 bits per heavy atom. The third-order valence-electron chi connectivity index (χ3n) is 1.80. The molecule has 1 aromatic rings. The van der Waals surface area contributed by atoms with Crippen LogP contribution in [-0.2, 0) is 9.53 Å². The number of rotatable bonds is 5. The number of hydrogen-bond donors (Lipinski definition) is 1. The van der Waals surface area contributed by atoms with Gasteiger partial charge in [-0.25, -0.2) is 0 Å². The Bertz CT molecular complexity index is 386. The second kappa shape index (κ2) is 6.08. The summed E-state index contributed by atoms with van der Waals surface area (Å²) in [4.78, 5) is 11.0. The first-order valence-electron chi connectivity index (χ1n) is 4.44. The van der Waals surface area contributed by atoms with Gasteiger partial charge < -0.3 is 15.2 Å². The quantitative estimate of drug-likeness (QED) is 0.905. The molecule has 16 heavy (non-hydrogen) atoms. The number of hydrogen-bond acceptors (Lipinski definition) is 3. The van der Waals surface area contributed by atoms with Crippen molar-refractivity contribution in [3.8, 4) is 5.75 Å². The Balaban J connectivity index is 2.77. The molecule has 1 amide bonds. The summed E-state index contributed by atoms with van der Waals surface area (Å²) in [6, 6.07) is 4.97. The van der Waals surface area contributed by atoms with Crippen LogP contribution in [0.1, 0.15) is 0 Å². The highest BCUT2D eigenvalue weighted by Crippen LogP contribution is 2.27. The van der Waals surface area contributed by atoms with E-state index in [2.05, 4.69) is 15.9 Å². The normalized spacial score (nSPS) is 12.2. The Hall–Kier alpha value is -0.780. The molecule has 0 aliphatic carbocycles. The lowest BCUT2D eigenvalue weighted by atomic mass is 10.3. The molecule has 1 unspecified atom stereocenters. The van der Waals surface area contributed by atoms with E-state index in [-0.39, 0.29) is 6.61 Å². The fourth-order valence-electron chi connectivity index (χ4n) is 1.04. The summed E-state index contributed by atoms with van der Waals surface area (Å²) in [5.74, 6) is -0.0787. The van der Waals surface area contributed by atoms with Crippen molar-refractivity contribution < 1.29 is 14.3 Å². The second-order valence-corrected chi connectivity index (χ2v) is 4.30. The van der Waals surface area contributed by atoms with E-state index >= 15 is 0 Å². The maximum absolute atomic E-state index is 11.0. The first-order valence-corrected chi connectivity index (χ1v) is 5.61. The van der Waals surface area contributed by atoms with E-state index in [1.165, 1.54) is 7.11 Å². The predicted molar refractivity (Wildman–Crippen MR) is 64.6 cm³/mol. The average molecular weight is 309 g/mol. The maximum atomic E-state index is 11.0. The molecule has 1 atom stereocenters. The van der Waals surface area contributed by atoms with Crippen molar-refractivity contribution in [2.24, 2.45) is 5.73 Å². The molecular weight excluding hydrogens is 297 g/mol. The van der Waals surface area contributed by atoms with Crippen molar-refractivity contribution >= 4 is 33.4 Å². The van der Waals surface area contributed by atoms with Gasteiger partial charge in [0.2, 0.25) is 0 Å². The lowest BCUT2D eigenvalue weighted by molar-refractivity contribution is -0.126. The SMILES string of the molecule is COCC(Oc1ccc(Cl)c(Br)c1)C(N)=O. The number of carbonyl (C=O) groups is 1. The Labute approximate surface area is 107 Å². The van der Waals surface area contributed by atoms with E-state index in [0.29, 0.717) is 15.2 Å². The molecule has 0 heterocycles. The first-order chi connectivity index (χ1) is 7.54. The van der Waals surface area contributed by atoms with Crippen LogP contribution in [0.15, 0.2) is 22.7 Å². The van der Waals surface area contributed by atoms with Crippen molar-refractivity contribution in [2.45, 2.75) is 6.10 Å². The molecule has 0 fully saturated rings. The van der Waals surface area contributed by atoms with Crippen LogP contribution in [0.4, 0.5) is 0 Å². The van der Waals surface area contributed by atoms with Gasteiger partial charge in [0.15, 0.2) is 6.10 Å². The molecule has 1 rings (SSSR count). The summed E-state index contributed by atoms with van der Waals surface area (Å²) >= 11 is 9.07. The minimum absolute atomic E-state index is 0.107. The number of primary amides is 1. The van der Waals surface area contributed by atoms with Crippen LogP contribution in [-0.4, -0.2) is 25.7 Å². The standard InChI is InChI=1S/C10H11BrClNO3/c1-15-5-9(10(13)14)16-6-2-3-8(12)7(11)4-6/h2-4,9H,5H2,1H3,(H2,13,14). The summed E-state index contributed by atoms with van der Waals surface area (Å²) in [5, 5.41) is 0.565. The van der Waals surface area contributed by atoms with Gasteiger partial charge >= 0.3 is 0 Å². The van der Waals surface area contributed by atoms with Gasteiger partial charge in [-0.05, 0) is 34.1 Å². The first kappa shape index (κ1) is 13.3. The highest BCUT2D eigenvalue weighted by atomic mass is 79.9. The minimum atomic E-state index is -0.807. The van der Waals surface area contributed by atoms with Gasteiger partial charge in [-0.15, -0.1) is 0 Å². The molecule has 0 aliphatic rings. The highest BCUT2D eigenvalue weighted by Gasteiger charge is 2.17. The van der Waals surface area contributed by atoms with Crippen molar-refractivity contribution in [3.05, 3.63) is 27.7 Å². The molecule has 2 N–H and O–H groups in total. The van der Waals surface area contributed by atoms with E-state index in [0.717, 1.165) is 0 Å².